The minimum absolute atomic E-state index is 0.250. The molecule has 80 valence electrons. The summed E-state index contributed by atoms with van der Waals surface area (Å²) in [5.74, 6) is 0. The molecule has 0 saturated heterocycles. The van der Waals surface area contributed by atoms with Crippen molar-refractivity contribution >= 4 is 6.15 Å². The summed E-state index contributed by atoms with van der Waals surface area (Å²) >= 11 is 0. The van der Waals surface area contributed by atoms with E-state index in [2.05, 4.69) is 35.6 Å². The average Bonchev–Trinajstić information content (AvgIpc) is 2.20. The van der Waals surface area contributed by atoms with Gasteiger partial charge in [0.25, 0.3) is 0 Å². The van der Waals surface area contributed by atoms with Crippen LogP contribution in [0.4, 0.5) is 0 Å². The molecule has 0 amide bonds. The van der Waals surface area contributed by atoms with Gasteiger partial charge in [0, 0.05) is 0 Å². The van der Waals surface area contributed by atoms with Crippen molar-refractivity contribution in [3.8, 4) is 0 Å². The van der Waals surface area contributed by atoms with Crippen molar-refractivity contribution in [1.82, 2.24) is 0 Å². The molecule has 0 aliphatic rings. The summed E-state index contributed by atoms with van der Waals surface area (Å²) in [6, 6.07) is 0. The van der Waals surface area contributed by atoms with Crippen molar-refractivity contribution in [2.45, 2.75) is 20.3 Å². The lowest BCUT2D eigenvalue weighted by atomic mass is 10.5. The molecule has 0 fully saturated rings. The number of hydrogen-bond donors (Lipinski definition) is 0. The second-order valence-corrected chi connectivity index (χ2v) is 1.60. The molecule has 0 heterocycles. The van der Waals surface area contributed by atoms with E-state index in [9.17, 15) is 0 Å². The normalized spacial score (nSPS) is 5.86. The Morgan fingerprint density at radius 2 is 1.79 bits per heavy atom. The van der Waals surface area contributed by atoms with E-state index in [-0.39, 0.29) is 6.15 Å². The van der Waals surface area contributed by atoms with Gasteiger partial charge in [0.15, 0.2) is 6.26 Å². The lowest BCUT2D eigenvalue weighted by Crippen LogP contribution is -1.82. The zero-order chi connectivity index (χ0) is 11.7. The van der Waals surface area contributed by atoms with Crippen LogP contribution in [0, 0.1) is 0 Å². The van der Waals surface area contributed by atoms with Gasteiger partial charge in [0.2, 0.25) is 0 Å². The van der Waals surface area contributed by atoms with Crippen LogP contribution < -0.4 is 0 Å². The quantitative estimate of drug-likeness (QED) is 0.174. The molecule has 0 radical (unpaired) electrons. The van der Waals surface area contributed by atoms with Crippen LogP contribution in [0.15, 0.2) is 31.2 Å². The van der Waals surface area contributed by atoms with Crippen LogP contribution in [0.5, 0.6) is 0 Å². The second kappa shape index (κ2) is 30.1. The number of rotatable bonds is 4. The largest absolute Gasteiger partial charge is 0.373 e. The maximum Gasteiger partial charge on any atom is 0.373 e. The van der Waals surface area contributed by atoms with Gasteiger partial charge in [-0.15, -0.1) is 6.58 Å². The van der Waals surface area contributed by atoms with E-state index >= 15 is 0 Å². The van der Waals surface area contributed by atoms with Gasteiger partial charge in [0.1, 0.15) is 0 Å². The van der Waals surface area contributed by atoms with Gasteiger partial charge in [-0.25, -0.2) is 0 Å². The summed E-state index contributed by atoms with van der Waals surface area (Å²) in [5, 5.41) is 0. The fraction of sp³-hybridized carbons (Fsp3) is 0.400. The van der Waals surface area contributed by atoms with E-state index in [0.717, 1.165) is 6.42 Å². The molecule has 0 aliphatic heterocycles. The van der Waals surface area contributed by atoms with Crippen molar-refractivity contribution < 1.29 is 19.4 Å². The van der Waals surface area contributed by atoms with Crippen LogP contribution in [0.2, 0.25) is 0 Å². The van der Waals surface area contributed by atoms with Crippen LogP contribution in [0.1, 0.15) is 20.3 Å². The molecule has 0 saturated carbocycles. The van der Waals surface area contributed by atoms with E-state index in [4.69, 9.17) is 9.59 Å². The van der Waals surface area contributed by atoms with Crippen LogP contribution in [0.3, 0.4) is 0 Å². The Morgan fingerprint density at radius 1 is 1.36 bits per heavy atom. The van der Waals surface area contributed by atoms with Gasteiger partial charge in [0.05, 0.1) is 6.61 Å². The van der Waals surface area contributed by atoms with E-state index in [0.29, 0.717) is 6.61 Å². The fourth-order valence-corrected chi connectivity index (χ4v) is 0.136. The Labute approximate surface area is 84.4 Å². The third-order valence-corrected chi connectivity index (χ3v) is 0.606. The molecule has 0 spiro atoms. The molecule has 0 bridgehead atoms. The predicted octanol–water partition coefficient (Wildman–Crippen LogP) is 2.25. The third-order valence-electron chi connectivity index (χ3n) is 0.606. The maximum absolute atomic E-state index is 8.12. The topological polar surface area (TPSA) is 52.6 Å². The van der Waals surface area contributed by atoms with E-state index in [1.54, 1.807) is 0 Å². The summed E-state index contributed by atoms with van der Waals surface area (Å²) in [6.45, 7) is 11.2. The number of hydrogen-bond acceptors (Lipinski definition) is 4. The highest BCUT2D eigenvalue weighted by molar-refractivity contribution is 5.20. The predicted molar refractivity (Wildman–Crippen MR) is 51.9 cm³/mol. The Morgan fingerprint density at radius 3 is 2.00 bits per heavy atom. The molecule has 0 aliphatic carbocycles. The van der Waals surface area contributed by atoms with Crippen molar-refractivity contribution in [2.24, 2.45) is 0 Å². The van der Waals surface area contributed by atoms with Crippen molar-refractivity contribution in [2.75, 3.05) is 6.61 Å². The Bertz CT molecular complexity index is 175. The van der Waals surface area contributed by atoms with E-state index < -0.39 is 0 Å². The summed E-state index contributed by atoms with van der Waals surface area (Å²) in [5.41, 5.74) is 2.38. The molecular formula is C10H16O4. The van der Waals surface area contributed by atoms with Gasteiger partial charge in [-0.1, -0.05) is 25.3 Å². The van der Waals surface area contributed by atoms with Gasteiger partial charge >= 0.3 is 6.15 Å². The molecular weight excluding hydrogens is 184 g/mol. The minimum atomic E-state index is 0.250. The molecule has 0 unspecified atom stereocenters. The molecule has 0 aromatic rings. The van der Waals surface area contributed by atoms with Gasteiger partial charge < -0.3 is 4.89 Å². The molecule has 0 atom stereocenters. The third kappa shape index (κ3) is 79.5. The molecule has 14 heavy (non-hydrogen) atoms. The fourth-order valence-electron chi connectivity index (χ4n) is 0.136. The molecule has 0 N–H and O–H groups in total. The second-order valence-electron chi connectivity index (χ2n) is 1.60. The van der Waals surface area contributed by atoms with Gasteiger partial charge in [-0.2, -0.15) is 14.5 Å². The lowest BCUT2D eigenvalue weighted by Gasteiger charge is -1.89. The number of allylic oxidation sites excluding steroid dienone is 1. The monoisotopic (exact) mass is 200 g/mol. The smallest absolute Gasteiger partial charge is 0.337 e. The van der Waals surface area contributed by atoms with Crippen molar-refractivity contribution in [3.63, 3.8) is 0 Å². The van der Waals surface area contributed by atoms with Crippen LogP contribution in [0.25, 0.3) is 0 Å². The summed E-state index contributed by atoms with van der Waals surface area (Å²) < 4.78 is 0. The Hall–Kier alpha value is -1.60. The molecule has 4 nitrogen and oxygen atoms in total. The molecule has 4 heteroatoms. The van der Waals surface area contributed by atoms with Crippen molar-refractivity contribution in [3.05, 3.63) is 31.2 Å². The molecule has 0 rings (SSSR count). The van der Waals surface area contributed by atoms with Crippen molar-refractivity contribution in [1.29, 1.82) is 0 Å². The van der Waals surface area contributed by atoms with E-state index in [1.807, 2.05) is 13.0 Å². The highest BCUT2D eigenvalue weighted by Crippen LogP contribution is 1.74. The minimum Gasteiger partial charge on any atom is -0.337 e. The Balaban J connectivity index is -0.000000147. The molecule has 0 aromatic heterocycles. The first-order valence-electron chi connectivity index (χ1n) is 3.97. The summed E-state index contributed by atoms with van der Waals surface area (Å²) in [4.78, 5) is 25.0. The zero-order valence-electron chi connectivity index (χ0n) is 8.62. The van der Waals surface area contributed by atoms with Crippen LogP contribution in [-0.2, 0) is 19.4 Å². The Kier molecular flexibility index (Phi) is 39.2. The van der Waals surface area contributed by atoms with Gasteiger partial charge in [-0.05, 0) is 13.3 Å². The summed E-state index contributed by atoms with van der Waals surface area (Å²) in [7, 11) is 0. The first kappa shape index (κ1) is 18.2. The molecule has 0 aromatic carbocycles. The zero-order valence-corrected chi connectivity index (χ0v) is 8.62. The lowest BCUT2D eigenvalue weighted by molar-refractivity contribution is -0.244. The standard InChI is InChI=1S/C5H8O2.C4H8.CO2/c1-3-5-7-6-4-2;1-3-4-2;2-1-3/h5H,1,4H2,2H3;3H,1,4H2,2H3;. The number of carbonyl (C=O) groups excluding carboxylic acids is 2. The first-order valence-corrected chi connectivity index (χ1v) is 3.97. The first-order chi connectivity index (χ1) is 6.74. The highest BCUT2D eigenvalue weighted by atomic mass is 17.2. The SMILES string of the molecule is C=C=COOCC.C=CCC.O=C=O. The van der Waals surface area contributed by atoms with Crippen LogP contribution >= 0.6 is 0 Å². The average molecular weight is 200 g/mol. The maximum atomic E-state index is 8.12. The summed E-state index contributed by atoms with van der Waals surface area (Å²) in [6.07, 6.45) is 4.46. The van der Waals surface area contributed by atoms with Gasteiger partial charge in [-0.3, -0.25) is 0 Å². The van der Waals surface area contributed by atoms with E-state index in [1.165, 1.54) is 6.26 Å². The highest BCUT2D eigenvalue weighted by Gasteiger charge is 1.68. The van der Waals surface area contributed by atoms with Crippen LogP contribution in [-0.4, -0.2) is 12.8 Å².